The fraction of sp³-hybridized carbons (Fsp3) is 0.933. The summed E-state index contributed by atoms with van der Waals surface area (Å²) in [6.45, 7) is 11.1. The van der Waals surface area contributed by atoms with E-state index in [2.05, 4.69) is 48.6 Å². The summed E-state index contributed by atoms with van der Waals surface area (Å²) >= 11 is 0. The molecule has 126 valence electrons. The fourth-order valence-electron chi connectivity index (χ4n) is 2.33. The third kappa shape index (κ3) is 10.3. The van der Waals surface area contributed by atoms with Crippen LogP contribution in [0.1, 0.15) is 53.4 Å². The van der Waals surface area contributed by atoms with Crippen LogP contribution in [0.3, 0.4) is 0 Å². The summed E-state index contributed by atoms with van der Waals surface area (Å²) in [5.41, 5.74) is 0.140. The highest BCUT2D eigenvalue weighted by molar-refractivity contribution is 14.0. The van der Waals surface area contributed by atoms with Crippen molar-refractivity contribution in [2.45, 2.75) is 71.1 Å². The molecule has 0 aromatic carbocycles. The van der Waals surface area contributed by atoms with Gasteiger partial charge in [0.2, 0.25) is 0 Å². The number of aliphatic hydroxyl groups is 1. The van der Waals surface area contributed by atoms with Crippen LogP contribution in [-0.4, -0.2) is 48.4 Å². The molecular formula is C15H33IN4O. The van der Waals surface area contributed by atoms with Gasteiger partial charge in [-0.3, -0.25) is 4.99 Å². The Balaban J connectivity index is 0.00000400. The molecule has 0 amide bonds. The van der Waals surface area contributed by atoms with Crippen LogP contribution in [0.15, 0.2) is 4.99 Å². The van der Waals surface area contributed by atoms with Gasteiger partial charge in [-0.25, -0.2) is 0 Å². The molecule has 0 aliphatic heterocycles. The molecule has 0 saturated heterocycles. The maximum absolute atomic E-state index is 9.53. The summed E-state index contributed by atoms with van der Waals surface area (Å²) in [6, 6.07) is 0.437. The zero-order valence-corrected chi connectivity index (χ0v) is 16.2. The molecular weight excluding hydrogens is 379 g/mol. The summed E-state index contributed by atoms with van der Waals surface area (Å²) in [5.74, 6) is 0.893. The predicted molar refractivity (Wildman–Crippen MR) is 101 cm³/mol. The van der Waals surface area contributed by atoms with Crippen LogP contribution in [0.25, 0.3) is 0 Å². The lowest BCUT2D eigenvalue weighted by atomic mass is 9.93. The van der Waals surface area contributed by atoms with Crippen LogP contribution < -0.4 is 16.0 Å². The number of rotatable bonds is 5. The highest BCUT2D eigenvalue weighted by Crippen LogP contribution is 2.18. The van der Waals surface area contributed by atoms with Crippen LogP contribution in [0.2, 0.25) is 0 Å². The lowest BCUT2D eigenvalue weighted by molar-refractivity contribution is 0.120. The first-order valence-electron chi connectivity index (χ1n) is 7.88. The summed E-state index contributed by atoms with van der Waals surface area (Å²) in [5, 5.41) is 19.7. The van der Waals surface area contributed by atoms with Crippen molar-refractivity contribution in [3.05, 3.63) is 0 Å². The van der Waals surface area contributed by atoms with Crippen molar-refractivity contribution in [1.29, 1.82) is 0 Å². The van der Waals surface area contributed by atoms with E-state index in [0.29, 0.717) is 6.04 Å². The van der Waals surface area contributed by atoms with Crippen molar-refractivity contribution in [2.75, 3.05) is 19.6 Å². The number of aliphatic imine (C=N–C) groups is 1. The van der Waals surface area contributed by atoms with Crippen LogP contribution in [0, 0.1) is 0 Å². The van der Waals surface area contributed by atoms with Crippen LogP contribution in [0.4, 0.5) is 0 Å². The molecule has 0 spiro atoms. The maximum atomic E-state index is 9.53. The fourth-order valence-corrected chi connectivity index (χ4v) is 2.33. The van der Waals surface area contributed by atoms with Crippen molar-refractivity contribution >= 4 is 29.9 Å². The molecule has 0 unspecified atom stereocenters. The number of guanidine groups is 1. The molecule has 1 saturated carbocycles. The van der Waals surface area contributed by atoms with E-state index in [1.54, 1.807) is 0 Å². The number of halogens is 1. The lowest BCUT2D eigenvalue weighted by Crippen LogP contribution is -2.45. The normalized spacial score (nSPS) is 23.4. The molecule has 1 aliphatic rings. The number of hydrogen-bond acceptors (Lipinski definition) is 3. The average Bonchev–Trinajstić information content (AvgIpc) is 2.36. The molecule has 0 heterocycles. The minimum atomic E-state index is -0.108. The summed E-state index contributed by atoms with van der Waals surface area (Å²) in [7, 11) is 0. The molecule has 0 aromatic heterocycles. The minimum Gasteiger partial charge on any atom is -0.393 e. The van der Waals surface area contributed by atoms with E-state index < -0.39 is 0 Å². The smallest absolute Gasteiger partial charge is 0.191 e. The zero-order valence-electron chi connectivity index (χ0n) is 13.9. The molecule has 6 heteroatoms. The van der Waals surface area contributed by atoms with E-state index in [9.17, 15) is 5.11 Å². The molecule has 0 radical (unpaired) electrons. The number of nitrogens with zero attached hydrogens (tertiary/aromatic N) is 1. The molecule has 0 atom stereocenters. The average molecular weight is 412 g/mol. The van der Waals surface area contributed by atoms with Gasteiger partial charge >= 0.3 is 0 Å². The molecule has 1 rings (SSSR count). The summed E-state index contributed by atoms with van der Waals surface area (Å²) < 4.78 is 0. The first-order chi connectivity index (χ1) is 9.40. The van der Waals surface area contributed by atoms with Crippen molar-refractivity contribution in [2.24, 2.45) is 4.99 Å². The zero-order chi connectivity index (χ0) is 15.0. The quantitative estimate of drug-likeness (QED) is 0.241. The second-order valence-electron chi connectivity index (χ2n) is 6.59. The van der Waals surface area contributed by atoms with E-state index in [1.807, 2.05) is 0 Å². The molecule has 0 bridgehead atoms. The van der Waals surface area contributed by atoms with Gasteiger partial charge in [-0.15, -0.1) is 24.0 Å². The standard InChI is InChI=1S/C15H32N4O.HI/c1-5-16-14(17-10-11-18-15(2,3)4)19-12-6-8-13(20)9-7-12;/h12-13,18,20H,5-11H2,1-4H3,(H2,16,17,19);1H. The van der Waals surface area contributed by atoms with Gasteiger partial charge in [-0.1, -0.05) is 0 Å². The Morgan fingerprint density at radius 1 is 1.19 bits per heavy atom. The summed E-state index contributed by atoms with van der Waals surface area (Å²) in [4.78, 5) is 4.60. The maximum Gasteiger partial charge on any atom is 0.191 e. The van der Waals surface area contributed by atoms with E-state index >= 15 is 0 Å². The van der Waals surface area contributed by atoms with Crippen molar-refractivity contribution < 1.29 is 5.11 Å². The first kappa shape index (κ1) is 20.9. The van der Waals surface area contributed by atoms with Crippen LogP contribution >= 0.6 is 24.0 Å². The highest BCUT2D eigenvalue weighted by Gasteiger charge is 2.19. The second-order valence-corrected chi connectivity index (χ2v) is 6.59. The lowest BCUT2D eigenvalue weighted by Gasteiger charge is -2.27. The van der Waals surface area contributed by atoms with Gasteiger partial charge < -0.3 is 21.1 Å². The Hall–Kier alpha value is -0.0800. The minimum absolute atomic E-state index is 0. The Labute approximate surface area is 146 Å². The van der Waals surface area contributed by atoms with Gasteiger partial charge in [0.25, 0.3) is 0 Å². The van der Waals surface area contributed by atoms with Gasteiger partial charge in [0.05, 0.1) is 12.6 Å². The molecule has 0 aromatic rings. The van der Waals surface area contributed by atoms with Gasteiger partial charge in [-0.2, -0.15) is 0 Å². The number of nitrogens with one attached hydrogen (secondary N) is 3. The topological polar surface area (TPSA) is 68.7 Å². The van der Waals surface area contributed by atoms with E-state index in [-0.39, 0.29) is 35.6 Å². The van der Waals surface area contributed by atoms with Crippen molar-refractivity contribution in [3.8, 4) is 0 Å². The Morgan fingerprint density at radius 2 is 1.81 bits per heavy atom. The van der Waals surface area contributed by atoms with Gasteiger partial charge in [0.1, 0.15) is 0 Å². The van der Waals surface area contributed by atoms with E-state index in [4.69, 9.17) is 0 Å². The number of aliphatic hydroxyl groups excluding tert-OH is 1. The van der Waals surface area contributed by atoms with Gasteiger partial charge in [0.15, 0.2) is 5.96 Å². The Bertz CT molecular complexity index is 297. The van der Waals surface area contributed by atoms with Crippen LogP contribution in [-0.2, 0) is 0 Å². The SMILES string of the molecule is CCNC(=NCCNC(C)(C)C)NC1CCC(O)CC1.I. The Kier molecular flexibility index (Phi) is 10.6. The van der Waals surface area contributed by atoms with Crippen molar-refractivity contribution in [3.63, 3.8) is 0 Å². The molecule has 21 heavy (non-hydrogen) atoms. The second kappa shape index (κ2) is 10.6. The monoisotopic (exact) mass is 412 g/mol. The van der Waals surface area contributed by atoms with E-state index in [1.165, 1.54) is 0 Å². The molecule has 5 nitrogen and oxygen atoms in total. The molecule has 4 N–H and O–H groups in total. The largest absolute Gasteiger partial charge is 0.393 e. The Morgan fingerprint density at radius 3 is 2.33 bits per heavy atom. The van der Waals surface area contributed by atoms with E-state index in [0.717, 1.165) is 51.3 Å². The number of hydrogen-bond donors (Lipinski definition) is 4. The van der Waals surface area contributed by atoms with Gasteiger partial charge in [-0.05, 0) is 53.4 Å². The molecule has 1 fully saturated rings. The third-order valence-electron chi connectivity index (χ3n) is 3.42. The van der Waals surface area contributed by atoms with Crippen LogP contribution in [0.5, 0.6) is 0 Å². The first-order valence-corrected chi connectivity index (χ1v) is 7.88. The third-order valence-corrected chi connectivity index (χ3v) is 3.42. The predicted octanol–water partition coefficient (Wildman–Crippen LogP) is 1.85. The van der Waals surface area contributed by atoms with Gasteiger partial charge in [0, 0.05) is 24.7 Å². The molecule has 1 aliphatic carbocycles. The summed E-state index contributed by atoms with van der Waals surface area (Å²) in [6.07, 6.45) is 3.71. The highest BCUT2D eigenvalue weighted by atomic mass is 127. The van der Waals surface area contributed by atoms with Crippen molar-refractivity contribution in [1.82, 2.24) is 16.0 Å².